The molecule has 112 valence electrons. The summed E-state index contributed by atoms with van der Waals surface area (Å²) >= 11 is 0. The molecule has 1 fully saturated rings. The summed E-state index contributed by atoms with van der Waals surface area (Å²) in [6.45, 7) is 4.53. The molecule has 1 saturated carbocycles. The quantitative estimate of drug-likeness (QED) is 0.708. The zero-order valence-electron chi connectivity index (χ0n) is 12.4. The number of carbonyl (C=O) groups is 1. The number of amides is 1. The Bertz CT molecular complexity index is 410. The molecule has 1 aliphatic rings. The Labute approximate surface area is 121 Å². The van der Waals surface area contributed by atoms with Crippen LogP contribution in [0.5, 0.6) is 0 Å². The predicted octanol–water partition coefficient (Wildman–Crippen LogP) is 1.48. The first kappa shape index (κ1) is 15.0. The lowest BCUT2D eigenvalue weighted by Crippen LogP contribution is -2.34. The van der Waals surface area contributed by atoms with E-state index in [-0.39, 0.29) is 5.91 Å². The van der Waals surface area contributed by atoms with Crippen LogP contribution in [-0.2, 0) is 17.8 Å². The first-order valence-corrected chi connectivity index (χ1v) is 7.78. The lowest BCUT2D eigenvalue weighted by molar-refractivity contribution is -0.122. The van der Waals surface area contributed by atoms with Crippen LogP contribution >= 0.6 is 0 Å². The minimum atomic E-state index is 0.102. The predicted molar refractivity (Wildman–Crippen MR) is 79.5 cm³/mol. The molecule has 0 aliphatic heterocycles. The molecule has 0 saturated heterocycles. The van der Waals surface area contributed by atoms with E-state index >= 15 is 0 Å². The van der Waals surface area contributed by atoms with Crippen molar-refractivity contribution in [3.8, 4) is 0 Å². The molecule has 0 spiro atoms. The van der Waals surface area contributed by atoms with Crippen molar-refractivity contribution in [2.75, 3.05) is 13.1 Å². The average molecular weight is 278 g/mol. The van der Waals surface area contributed by atoms with Crippen molar-refractivity contribution in [2.45, 2.75) is 58.0 Å². The second kappa shape index (κ2) is 8.04. The van der Waals surface area contributed by atoms with Crippen LogP contribution in [0.3, 0.4) is 0 Å². The van der Waals surface area contributed by atoms with Gasteiger partial charge in [-0.25, -0.2) is 4.98 Å². The fraction of sp³-hybridized carbons (Fsp3) is 0.733. The van der Waals surface area contributed by atoms with E-state index in [1.165, 1.54) is 12.8 Å². The summed E-state index contributed by atoms with van der Waals surface area (Å²) in [6, 6.07) is 0.392. The Kier molecular flexibility index (Phi) is 6.05. The lowest BCUT2D eigenvalue weighted by atomic mass is 10.2. The standard InChI is InChI=1S/C15H26N4O/c1-2-8-16-9-7-14-10-19(12-17-14)11-15(20)18-13-5-3-4-6-13/h10,12-13,16H,2-9,11H2,1H3,(H,18,20). The van der Waals surface area contributed by atoms with E-state index in [9.17, 15) is 4.79 Å². The molecule has 5 heteroatoms. The van der Waals surface area contributed by atoms with Crippen LogP contribution in [-0.4, -0.2) is 34.6 Å². The van der Waals surface area contributed by atoms with E-state index in [0.29, 0.717) is 12.6 Å². The first-order chi connectivity index (χ1) is 9.78. The van der Waals surface area contributed by atoms with Gasteiger partial charge in [0.2, 0.25) is 5.91 Å². The molecule has 0 bridgehead atoms. The van der Waals surface area contributed by atoms with Gasteiger partial charge in [0.1, 0.15) is 6.54 Å². The zero-order chi connectivity index (χ0) is 14.2. The highest BCUT2D eigenvalue weighted by molar-refractivity contribution is 5.76. The maximum atomic E-state index is 11.9. The van der Waals surface area contributed by atoms with Crippen LogP contribution in [0.15, 0.2) is 12.5 Å². The molecule has 1 heterocycles. The minimum Gasteiger partial charge on any atom is -0.352 e. The maximum absolute atomic E-state index is 11.9. The lowest BCUT2D eigenvalue weighted by Gasteiger charge is -2.11. The number of hydrogen-bond acceptors (Lipinski definition) is 3. The molecular weight excluding hydrogens is 252 g/mol. The molecular formula is C15H26N4O. The van der Waals surface area contributed by atoms with Crippen molar-refractivity contribution >= 4 is 5.91 Å². The smallest absolute Gasteiger partial charge is 0.240 e. The highest BCUT2D eigenvalue weighted by Crippen LogP contribution is 2.17. The number of rotatable bonds is 8. The van der Waals surface area contributed by atoms with Gasteiger partial charge in [-0.3, -0.25) is 4.79 Å². The van der Waals surface area contributed by atoms with Gasteiger partial charge >= 0.3 is 0 Å². The SMILES string of the molecule is CCCNCCc1cn(CC(=O)NC2CCCC2)cn1. The summed E-state index contributed by atoms with van der Waals surface area (Å²) in [4.78, 5) is 16.2. The van der Waals surface area contributed by atoms with Gasteiger partial charge in [0.25, 0.3) is 0 Å². The summed E-state index contributed by atoms with van der Waals surface area (Å²) in [7, 11) is 0. The van der Waals surface area contributed by atoms with Crippen molar-refractivity contribution < 1.29 is 4.79 Å². The molecule has 1 aromatic rings. The van der Waals surface area contributed by atoms with Crippen LogP contribution in [0, 0.1) is 0 Å². The molecule has 0 radical (unpaired) electrons. The van der Waals surface area contributed by atoms with Gasteiger partial charge < -0.3 is 15.2 Å². The molecule has 2 N–H and O–H groups in total. The molecule has 1 aliphatic carbocycles. The number of imidazole rings is 1. The van der Waals surface area contributed by atoms with Crippen molar-refractivity contribution in [3.05, 3.63) is 18.2 Å². The van der Waals surface area contributed by atoms with Crippen molar-refractivity contribution in [1.82, 2.24) is 20.2 Å². The summed E-state index contributed by atoms with van der Waals surface area (Å²) in [5.74, 6) is 0.102. The Morgan fingerprint density at radius 2 is 2.20 bits per heavy atom. The van der Waals surface area contributed by atoms with Gasteiger partial charge in [-0.15, -0.1) is 0 Å². The molecule has 5 nitrogen and oxygen atoms in total. The Hall–Kier alpha value is -1.36. The van der Waals surface area contributed by atoms with Crippen LogP contribution in [0.25, 0.3) is 0 Å². The van der Waals surface area contributed by atoms with Crippen molar-refractivity contribution in [3.63, 3.8) is 0 Å². The van der Waals surface area contributed by atoms with Crippen LogP contribution < -0.4 is 10.6 Å². The van der Waals surface area contributed by atoms with Gasteiger partial charge in [-0.1, -0.05) is 19.8 Å². The van der Waals surface area contributed by atoms with E-state index in [2.05, 4.69) is 22.5 Å². The monoisotopic (exact) mass is 278 g/mol. The van der Waals surface area contributed by atoms with Gasteiger partial charge in [-0.2, -0.15) is 0 Å². The van der Waals surface area contributed by atoms with E-state index in [1.54, 1.807) is 6.33 Å². The fourth-order valence-electron chi connectivity index (χ4n) is 2.65. The third kappa shape index (κ3) is 4.96. The van der Waals surface area contributed by atoms with Crippen LogP contribution in [0.1, 0.15) is 44.7 Å². The highest BCUT2D eigenvalue weighted by Gasteiger charge is 2.17. The van der Waals surface area contributed by atoms with E-state index in [1.807, 2.05) is 10.8 Å². The highest BCUT2D eigenvalue weighted by atomic mass is 16.2. The third-order valence-electron chi connectivity index (χ3n) is 3.72. The maximum Gasteiger partial charge on any atom is 0.240 e. The second-order valence-electron chi connectivity index (χ2n) is 5.59. The molecule has 1 aromatic heterocycles. The third-order valence-corrected chi connectivity index (χ3v) is 3.72. The molecule has 20 heavy (non-hydrogen) atoms. The summed E-state index contributed by atoms with van der Waals surface area (Å²) in [6.07, 6.45) is 10.5. The van der Waals surface area contributed by atoms with Crippen LogP contribution in [0.4, 0.5) is 0 Å². The summed E-state index contributed by atoms with van der Waals surface area (Å²) in [5, 5.41) is 6.45. The number of hydrogen-bond donors (Lipinski definition) is 2. The summed E-state index contributed by atoms with van der Waals surface area (Å²) in [5.41, 5.74) is 1.04. The van der Waals surface area contributed by atoms with E-state index < -0.39 is 0 Å². The van der Waals surface area contributed by atoms with E-state index in [4.69, 9.17) is 0 Å². The normalized spacial score (nSPS) is 15.7. The molecule has 0 aromatic carbocycles. The minimum absolute atomic E-state index is 0.102. The average Bonchev–Trinajstić information content (AvgIpc) is 3.07. The zero-order valence-corrected chi connectivity index (χ0v) is 12.4. The molecule has 0 atom stereocenters. The number of aromatic nitrogens is 2. The number of carbonyl (C=O) groups excluding carboxylic acids is 1. The van der Waals surface area contributed by atoms with Gasteiger partial charge in [0, 0.05) is 25.2 Å². The van der Waals surface area contributed by atoms with Gasteiger partial charge in [0.15, 0.2) is 0 Å². The number of nitrogens with zero attached hydrogens (tertiary/aromatic N) is 2. The van der Waals surface area contributed by atoms with E-state index in [0.717, 1.165) is 44.5 Å². The topological polar surface area (TPSA) is 59.0 Å². The molecule has 2 rings (SSSR count). The summed E-state index contributed by atoms with van der Waals surface area (Å²) < 4.78 is 1.87. The van der Waals surface area contributed by atoms with Crippen molar-refractivity contribution in [2.24, 2.45) is 0 Å². The Morgan fingerprint density at radius 3 is 2.95 bits per heavy atom. The van der Waals surface area contributed by atoms with Crippen LogP contribution in [0.2, 0.25) is 0 Å². The van der Waals surface area contributed by atoms with Crippen molar-refractivity contribution in [1.29, 1.82) is 0 Å². The molecule has 0 unspecified atom stereocenters. The fourth-order valence-corrected chi connectivity index (χ4v) is 2.65. The molecule has 1 amide bonds. The number of nitrogens with one attached hydrogen (secondary N) is 2. The Morgan fingerprint density at radius 1 is 1.40 bits per heavy atom. The Balaban J connectivity index is 1.69. The largest absolute Gasteiger partial charge is 0.352 e. The first-order valence-electron chi connectivity index (χ1n) is 7.78. The second-order valence-corrected chi connectivity index (χ2v) is 5.59. The van der Waals surface area contributed by atoms with Gasteiger partial charge in [0.05, 0.1) is 12.0 Å². The van der Waals surface area contributed by atoms with Gasteiger partial charge in [-0.05, 0) is 25.8 Å².